The summed E-state index contributed by atoms with van der Waals surface area (Å²) < 4.78 is 7.19. The zero-order valence-electron chi connectivity index (χ0n) is 14.2. The fourth-order valence-corrected chi connectivity index (χ4v) is 3.31. The second kappa shape index (κ2) is 5.73. The van der Waals surface area contributed by atoms with E-state index in [9.17, 15) is 0 Å². The monoisotopic (exact) mass is 333 g/mol. The zero-order chi connectivity index (χ0) is 17.4. The van der Waals surface area contributed by atoms with Gasteiger partial charge in [-0.25, -0.2) is 0 Å². The number of benzene rings is 1. The molecule has 1 aromatic carbocycles. The van der Waals surface area contributed by atoms with Gasteiger partial charge in [0.05, 0.1) is 25.5 Å². The molecule has 0 radical (unpaired) electrons. The Hall–Kier alpha value is -3.15. The summed E-state index contributed by atoms with van der Waals surface area (Å²) in [5.41, 5.74) is 9.63. The Balaban J connectivity index is 1.83. The van der Waals surface area contributed by atoms with Gasteiger partial charge in [0.15, 0.2) is 0 Å². The van der Waals surface area contributed by atoms with E-state index in [1.165, 1.54) is 0 Å². The van der Waals surface area contributed by atoms with Crippen molar-refractivity contribution in [3.63, 3.8) is 0 Å². The number of amidine groups is 1. The van der Waals surface area contributed by atoms with Crippen molar-refractivity contribution in [2.75, 3.05) is 7.11 Å². The first-order valence-corrected chi connectivity index (χ1v) is 8.06. The highest BCUT2D eigenvalue weighted by Crippen LogP contribution is 2.37. The van der Waals surface area contributed by atoms with Crippen LogP contribution in [0.3, 0.4) is 0 Å². The van der Waals surface area contributed by atoms with Crippen molar-refractivity contribution in [1.29, 1.82) is 0 Å². The van der Waals surface area contributed by atoms with Gasteiger partial charge in [0.2, 0.25) is 0 Å². The number of nitrogens with two attached hydrogens (primary N) is 1. The third-order valence-electron chi connectivity index (χ3n) is 4.60. The number of rotatable bonds is 3. The van der Waals surface area contributed by atoms with Crippen LogP contribution in [-0.2, 0) is 12.1 Å². The molecule has 1 atom stereocenters. The second-order valence-corrected chi connectivity index (χ2v) is 6.24. The summed E-state index contributed by atoms with van der Waals surface area (Å²) in [5, 5.41) is 4.36. The lowest BCUT2D eigenvalue weighted by Crippen LogP contribution is -2.36. The van der Waals surface area contributed by atoms with Gasteiger partial charge in [-0.2, -0.15) is 5.10 Å². The van der Waals surface area contributed by atoms with Crippen LogP contribution in [0.25, 0.3) is 11.1 Å². The number of aliphatic imine (C=N–C) groups is 1. The lowest BCUT2D eigenvalue weighted by molar-refractivity contribution is 0.413. The van der Waals surface area contributed by atoms with Crippen molar-refractivity contribution in [2.45, 2.75) is 19.0 Å². The topological polar surface area (TPSA) is 78.3 Å². The second-order valence-electron chi connectivity index (χ2n) is 6.24. The number of hydrogen-bond donors (Lipinski definition) is 1. The first-order valence-electron chi connectivity index (χ1n) is 8.06. The average Bonchev–Trinajstić information content (AvgIpc) is 3.11. The van der Waals surface area contributed by atoms with E-state index in [-0.39, 0.29) is 0 Å². The van der Waals surface area contributed by atoms with Gasteiger partial charge in [-0.1, -0.05) is 18.2 Å². The highest BCUT2D eigenvalue weighted by Gasteiger charge is 2.35. The van der Waals surface area contributed by atoms with E-state index < -0.39 is 5.54 Å². The van der Waals surface area contributed by atoms with Crippen molar-refractivity contribution in [3.05, 3.63) is 66.2 Å². The summed E-state index contributed by atoms with van der Waals surface area (Å²) in [6.45, 7) is 2.59. The number of methoxy groups -OCH3 is 1. The van der Waals surface area contributed by atoms with Gasteiger partial charge in [-0.3, -0.25) is 14.7 Å². The molecule has 0 saturated carbocycles. The predicted octanol–water partition coefficient (Wildman–Crippen LogP) is 2.59. The Morgan fingerprint density at radius 2 is 2.04 bits per heavy atom. The maximum absolute atomic E-state index is 6.07. The fourth-order valence-electron chi connectivity index (χ4n) is 3.31. The molecule has 0 saturated heterocycles. The molecule has 1 aliphatic heterocycles. The van der Waals surface area contributed by atoms with Gasteiger partial charge in [0.1, 0.15) is 17.1 Å². The van der Waals surface area contributed by atoms with Crippen LogP contribution < -0.4 is 10.5 Å². The number of pyridine rings is 1. The minimum absolute atomic E-state index is 0.525. The first kappa shape index (κ1) is 15.4. The van der Waals surface area contributed by atoms with Crippen LogP contribution in [0.2, 0.25) is 0 Å². The van der Waals surface area contributed by atoms with E-state index in [1.54, 1.807) is 19.5 Å². The maximum atomic E-state index is 6.07. The normalized spacial score (nSPS) is 19.2. The summed E-state index contributed by atoms with van der Waals surface area (Å²) >= 11 is 0. The molecular weight excluding hydrogens is 314 g/mol. The van der Waals surface area contributed by atoms with Gasteiger partial charge < -0.3 is 10.5 Å². The van der Waals surface area contributed by atoms with E-state index >= 15 is 0 Å². The van der Waals surface area contributed by atoms with Crippen LogP contribution in [0.15, 0.2) is 60.0 Å². The Kier molecular flexibility index (Phi) is 3.53. The SMILES string of the molecule is COc1cncc(-c2cccc(C3(C)N=C(N)Cn4nccc43)c2)c1. The quantitative estimate of drug-likeness (QED) is 0.799. The number of aromatic nitrogens is 3. The number of hydrogen-bond acceptors (Lipinski definition) is 5. The smallest absolute Gasteiger partial charge is 0.137 e. The first-order chi connectivity index (χ1) is 12.1. The lowest BCUT2D eigenvalue weighted by atomic mass is 9.86. The molecule has 0 fully saturated rings. The Morgan fingerprint density at radius 3 is 2.88 bits per heavy atom. The molecule has 0 aliphatic carbocycles. The van der Waals surface area contributed by atoms with Gasteiger partial charge in [-0.05, 0) is 36.2 Å². The van der Waals surface area contributed by atoms with Gasteiger partial charge >= 0.3 is 0 Å². The van der Waals surface area contributed by atoms with Crippen LogP contribution in [0, 0.1) is 0 Å². The van der Waals surface area contributed by atoms with E-state index in [0.29, 0.717) is 12.4 Å². The number of ether oxygens (including phenoxy) is 1. The summed E-state index contributed by atoms with van der Waals surface area (Å²) in [6, 6.07) is 12.2. The molecule has 25 heavy (non-hydrogen) atoms. The summed E-state index contributed by atoms with van der Waals surface area (Å²) in [5.74, 6) is 1.30. The molecule has 3 aromatic rings. The summed E-state index contributed by atoms with van der Waals surface area (Å²) in [6.07, 6.45) is 5.31. The minimum atomic E-state index is -0.568. The maximum Gasteiger partial charge on any atom is 0.137 e. The van der Waals surface area contributed by atoms with Crippen LogP contribution in [-0.4, -0.2) is 27.7 Å². The lowest BCUT2D eigenvalue weighted by Gasteiger charge is -2.31. The largest absolute Gasteiger partial charge is 0.495 e. The molecule has 2 aromatic heterocycles. The molecule has 4 rings (SSSR count). The Bertz CT molecular complexity index is 962. The zero-order valence-corrected chi connectivity index (χ0v) is 14.2. The molecule has 2 N–H and O–H groups in total. The minimum Gasteiger partial charge on any atom is -0.495 e. The molecule has 1 aliphatic rings. The van der Waals surface area contributed by atoms with Gasteiger partial charge in [0, 0.05) is 18.0 Å². The summed E-state index contributed by atoms with van der Waals surface area (Å²) in [4.78, 5) is 9.00. The van der Waals surface area contributed by atoms with Crippen LogP contribution >= 0.6 is 0 Å². The summed E-state index contributed by atoms with van der Waals surface area (Å²) in [7, 11) is 1.64. The third kappa shape index (κ3) is 2.55. The Morgan fingerprint density at radius 1 is 1.16 bits per heavy atom. The van der Waals surface area contributed by atoms with Crippen molar-refractivity contribution in [2.24, 2.45) is 10.7 Å². The predicted molar refractivity (Wildman–Crippen MR) is 96.5 cm³/mol. The van der Waals surface area contributed by atoms with Crippen molar-refractivity contribution < 1.29 is 4.74 Å². The average molecular weight is 333 g/mol. The van der Waals surface area contributed by atoms with Crippen LogP contribution in [0.1, 0.15) is 18.2 Å². The molecule has 0 amide bonds. The molecule has 126 valence electrons. The molecule has 6 nitrogen and oxygen atoms in total. The van der Waals surface area contributed by atoms with E-state index in [4.69, 9.17) is 15.5 Å². The number of nitrogens with zero attached hydrogens (tertiary/aromatic N) is 4. The number of fused-ring (bicyclic) bond motifs is 1. The van der Waals surface area contributed by atoms with Crippen molar-refractivity contribution in [3.8, 4) is 16.9 Å². The highest BCUT2D eigenvalue weighted by molar-refractivity contribution is 5.82. The third-order valence-corrected chi connectivity index (χ3v) is 4.60. The molecule has 6 heteroatoms. The standard InChI is InChI=1S/C19H19N5O/c1-19(17-6-7-22-24(17)12-18(20)23-19)15-5-3-4-13(8-15)14-9-16(25-2)11-21-10-14/h3-11H,12H2,1-2H3,(H2,20,23). The van der Waals surface area contributed by atoms with Gasteiger partial charge in [-0.15, -0.1) is 0 Å². The van der Waals surface area contributed by atoms with E-state index in [1.807, 2.05) is 29.1 Å². The van der Waals surface area contributed by atoms with Crippen molar-refractivity contribution in [1.82, 2.24) is 14.8 Å². The van der Waals surface area contributed by atoms with Crippen molar-refractivity contribution >= 4 is 5.84 Å². The van der Waals surface area contributed by atoms with Crippen LogP contribution in [0.4, 0.5) is 0 Å². The van der Waals surface area contributed by atoms with E-state index in [0.717, 1.165) is 28.1 Å². The van der Waals surface area contributed by atoms with Gasteiger partial charge in [0.25, 0.3) is 0 Å². The fraction of sp³-hybridized carbons (Fsp3) is 0.211. The Labute approximate surface area is 146 Å². The molecule has 1 unspecified atom stereocenters. The molecule has 0 spiro atoms. The van der Waals surface area contributed by atoms with E-state index in [2.05, 4.69) is 35.2 Å². The highest BCUT2D eigenvalue weighted by atomic mass is 16.5. The molecule has 0 bridgehead atoms. The molecule has 3 heterocycles. The van der Waals surface area contributed by atoms with Crippen LogP contribution in [0.5, 0.6) is 5.75 Å². The molecular formula is C19H19N5O.